The van der Waals surface area contributed by atoms with Gasteiger partial charge in [-0.25, -0.2) is 0 Å². The van der Waals surface area contributed by atoms with Gasteiger partial charge in [-0.3, -0.25) is 4.79 Å². The maximum atomic E-state index is 11.6. The van der Waals surface area contributed by atoms with Crippen molar-refractivity contribution in [1.82, 2.24) is 14.7 Å². The van der Waals surface area contributed by atoms with Gasteiger partial charge in [0.05, 0.1) is 0 Å². The Balaban J connectivity index is 2.28. The van der Waals surface area contributed by atoms with Gasteiger partial charge in [0.15, 0.2) is 0 Å². The second kappa shape index (κ2) is 7.54. The Morgan fingerprint density at radius 1 is 1.28 bits per heavy atom. The van der Waals surface area contributed by atoms with Gasteiger partial charge in [-0.05, 0) is 53.0 Å². The van der Waals surface area contributed by atoms with Crippen LogP contribution in [0.4, 0.5) is 0 Å². The van der Waals surface area contributed by atoms with E-state index in [0.29, 0.717) is 6.04 Å². The lowest BCUT2D eigenvalue weighted by molar-refractivity contribution is -0.125. The molecule has 1 aliphatic rings. The number of amides is 1. The van der Waals surface area contributed by atoms with E-state index in [9.17, 15) is 4.79 Å². The lowest BCUT2D eigenvalue weighted by Crippen LogP contribution is -2.44. The summed E-state index contributed by atoms with van der Waals surface area (Å²) >= 11 is 0. The standard InChI is InChI=1S/C14H27N3O/c1-5-6-14(18)17(4)12-11-16(3)13-7-9-15(2)10-8-13/h5-6,13H,7-12H2,1-4H3. The zero-order chi connectivity index (χ0) is 13.5. The van der Waals surface area contributed by atoms with Crippen molar-refractivity contribution in [3.63, 3.8) is 0 Å². The highest BCUT2D eigenvalue weighted by Gasteiger charge is 2.20. The first-order valence-corrected chi connectivity index (χ1v) is 6.81. The van der Waals surface area contributed by atoms with Crippen molar-refractivity contribution in [2.24, 2.45) is 0 Å². The summed E-state index contributed by atoms with van der Waals surface area (Å²) in [6.45, 7) is 5.99. The molecule has 1 amide bonds. The van der Waals surface area contributed by atoms with Gasteiger partial charge in [-0.15, -0.1) is 0 Å². The summed E-state index contributed by atoms with van der Waals surface area (Å²) in [7, 11) is 6.22. The van der Waals surface area contributed by atoms with Gasteiger partial charge in [-0.2, -0.15) is 0 Å². The number of carbonyl (C=O) groups excluding carboxylic acids is 1. The van der Waals surface area contributed by atoms with Crippen molar-refractivity contribution in [1.29, 1.82) is 0 Å². The first-order chi connectivity index (χ1) is 8.54. The van der Waals surface area contributed by atoms with Gasteiger partial charge in [0.2, 0.25) is 5.91 Å². The minimum absolute atomic E-state index is 0.0919. The molecule has 18 heavy (non-hydrogen) atoms. The number of likely N-dealkylation sites (tertiary alicyclic amines) is 1. The molecular formula is C14H27N3O. The number of rotatable bonds is 5. The van der Waals surface area contributed by atoms with E-state index < -0.39 is 0 Å². The molecular weight excluding hydrogens is 226 g/mol. The molecule has 1 fully saturated rings. The summed E-state index contributed by atoms with van der Waals surface area (Å²) in [4.78, 5) is 18.1. The highest BCUT2D eigenvalue weighted by Crippen LogP contribution is 2.13. The second-order valence-corrected chi connectivity index (χ2v) is 5.27. The van der Waals surface area contributed by atoms with Crippen LogP contribution in [0.15, 0.2) is 12.2 Å². The van der Waals surface area contributed by atoms with E-state index >= 15 is 0 Å². The first-order valence-electron chi connectivity index (χ1n) is 6.81. The van der Waals surface area contributed by atoms with E-state index in [1.54, 1.807) is 17.1 Å². The highest BCUT2D eigenvalue weighted by atomic mass is 16.2. The molecule has 0 N–H and O–H groups in total. The zero-order valence-corrected chi connectivity index (χ0v) is 12.2. The Morgan fingerprint density at radius 2 is 1.89 bits per heavy atom. The Hall–Kier alpha value is -0.870. The SMILES string of the molecule is CC=CC(=O)N(C)CCN(C)C1CCN(C)CC1. The quantitative estimate of drug-likeness (QED) is 0.685. The van der Waals surface area contributed by atoms with E-state index in [2.05, 4.69) is 23.9 Å². The second-order valence-electron chi connectivity index (χ2n) is 5.27. The summed E-state index contributed by atoms with van der Waals surface area (Å²) in [5, 5.41) is 0. The molecule has 0 atom stereocenters. The molecule has 0 spiro atoms. The third-order valence-corrected chi connectivity index (χ3v) is 3.79. The largest absolute Gasteiger partial charge is 0.341 e. The molecule has 0 aromatic heterocycles. The van der Waals surface area contributed by atoms with Crippen LogP contribution in [0.3, 0.4) is 0 Å². The van der Waals surface area contributed by atoms with Gasteiger partial charge < -0.3 is 14.7 Å². The van der Waals surface area contributed by atoms with Crippen LogP contribution in [0.1, 0.15) is 19.8 Å². The van der Waals surface area contributed by atoms with Gasteiger partial charge in [0.1, 0.15) is 0 Å². The zero-order valence-electron chi connectivity index (χ0n) is 12.2. The van der Waals surface area contributed by atoms with E-state index in [1.165, 1.54) is 25.9 Å². The molecule has 0 radical (unpaired) electrons. The van der Waals surface area contributed by atoms with Crippen molar-refractivity contribution < 1.29 is 4.79 Å². The average molecular weight is 253 g/mol. The fourth-order valence-corrected chi connectivity index (χ4v) is 2.31. The number of likely N-dealkylation sites (N-methyl/N-ethyl adjacent to an activating group) is 2. The monoisotopic (exact) mass is 253 g/mol. The number of hydrogen-bond donors (Lipinski definition) is 0. The topological polar surface area (TPSA) is 26.8 Å². The van der Waals surface area contributed by atoms with Crippen molar-refractivity contribution >= 4 is 5.91 Å². The number of hydrogen-bond acceptors (Lipinski definition) is 3. The van der Waals surface area contributed by atoms with Crippen LogP contribution in [0, 0.1) is 0 Å². The maximum Gasteiger partial charge on any atom is 0.246 e. The minimum atomic E-state index is 0.0919. The van der Waals surface area contributed by atoms with Gasteiger partial charge >= 0.3 is 0 Å². The number of carbonyl (C=O) groups is 1. The molecule has 4 heteroatoms. The molecule has 4 nitrogen and oxygen atoms in total. The van der Waals surface area contributed by atoms with Crippen LogP contribution < -0.4 is 0 Å². The smallest absolute Gasteiger partial charge is 0.246 e. The summed E-state index contributed by atoms with van der Waals surface area (Å²) < 4.78 is 0. The lowest BCUT2D eigenvalue weighted by atomic mass is 10.0. The predicted molar refractivity (Wildman–Crippen MR) is 75.6 cm³/mol. The lowest BCUT2D eigenvalue weighted by Gasteiger charge is -2.35. The van der Waals surface area contributed by atoms with Crippen LogP contribution in [0.25, 0.3) is 0 Å². The maximum absolute atomic E-state index is 11.6. The fraction of sp³-hybridized carbons (Fsp3) is 0.786. The van der Waals surface area contributed by atoms with Crippen LogP contribution >= 0.6 is 0 Å². The summed E-state index contributed by atoms with van der Waals surface area (Å²) in [5.41, 5.74) is 0. The molecule has 1 heterocycles. The third-order valence-electron chi connectivity index (χ3n) is 3.79. The van der Waals surface area contributed by atoms with Gasteiger partial charge in [0, 0.05) is 26.2 Å². The molecule has 104 valence electrons. The Labute approximate surface area is 111 Å². The summed E-state index contributed by atoms with van der Waals surface area (Å²) in [6, 6.07) is 0.673. The van der Waals surface area contributed by atoms with Crippen molar-refractivity contribution in [3.05, 3.63) is 12.2 Å². The average Bonchev–Trinajstić information content (AvgIpc) is 2.36. The van der Waals surface area contributed by atoms with Crippen molar-refractivity contribution in [3.8, 4) is 0 Å². The normalized spacial score (nSPS) is 18.7. The number of allylic oxidation sites excluding steroid dienone is 1. The van der Waals surface area contributed by atoms with Crippen LogP contribution in [0.5, 0.6) is 0 Å². The van der Waals surface area contributed by atoms with Crippen LogP contribution in [-0.2, 0) is 4.79 Å². The molecule has 0 saturated carbocycles. The van der Waals surface area contributed by atoms with Crippen LogP contribution in [0.2, 0.25) is 0 Å². The fourth-order valence-electron chi connectivity index (χ4n) is 2.31. The Kier molecular flexibility index (Phi) is 6.36. The van der Waals surface area contributed by atoms with E-state index in [0.717, 1.165) is 13.1 Å². The van der Waals surface area contributed by atoms with E-state index in [-0.39, 0.29) is 5.91 Å². The predicted octanol–water partition coefficient (Wildman–Crippen LogP) is 1.05. The molecule has 1 saturated heterocycles. The van der Waals surface area contributed by atoms with E-state index in [1.807, 2.05) is 14.0 Å². The first kappa shape index (κ1) is 15.2. The Morgan fingerprint density at radius 3 is 2.44 bits per heavy atom. The molecule has 0 aromatic rings. The molecule has 0 unspecified atom stereocenters. The summed E-state index contributed by atoms with van der Waals surface area (Å²) in [6.07, 6.45) is 5.88. The van der Waals surface area contributed by atoms with Crippen molar-refractivity contribution in [2.75, 3.05) is 47.3 Å². The van der Waals surface area contributed by atoms with Crippen molar-refractivity contribution in [2.45, 2.75) is 25.8 Å². The van der Waals surface area contributed by atoms with Gasteiger partial charge in [-0.1, -0.05) is 6.08 Å². The van der Waals surface area contributed by atoms with Crippen LogP contribution in [-0.4, -0.2) is 74.0 Å². The summed E-state index contributed by atoms with van der Waals surface area (Å²) in [5.74, 6) is 0.0919. The molecule has 1 rings (SSSR count). The Bertz CT molecular complexity index is 283. The number of piperidine rings is 1. The molecule has 1 aliphatic heterocycles. The molecule has 0 bridgehead atoms. The molecule has 0 aromatic carbocycles. The van der Waals surface area contributed by atoms with Gasteiger partial charge in [0.25, 0.3) is 0 Å². The van der Waals surface area contributed by atoms with E-state index in [4.69, 9.17) is 0 Å². The minimum Gasteiger partial charge on any atom is -0.341 e. The molecule has 0 aliphatic carbocycles. The number of nitrogens with zero attached hydrogens (tertiary/aromatic N) is 3. The highest BCUT2D eigenvalue weighted by molar-refractivity contribution is 5.87. The third kappa shape index (κ3) is 4.78.